The highest BCUT2D eigenvalue weighted by atomic mass is 16.2. The third kappa shape index (κ3) is 4.85. The first-order valence-corrected chi connectivity index (χ1v) is 13.4. The molecule has 190 valence electrons. The van der Waals surface area contributed by atoms with E-state index in [0.717, 1.165) is 44.8 Å². The monoisotopic (exact) mass is 479 g/mol. The summed E-state index contributed by atoms with van der Waals surface area (Å²) in [6.07, 6.45) is 5.24. The minimum Gasteiger partial charge on any atom is -0.358 e. The summed E-state index contributed by atoms with van der Waals surface area (Å²) in [4.78, 5) is 36.7. The minimum atomic E-state index is -0.249. The van der Waals surface area contributed by atoms with Crippen molar-refractivity contribution in [1.29, 1.82) is 0 Å². The number of imide groups is 1. The number of amides is 3. The lowest BCUT2D eigenvalue weighted by atomic mass is 9.71. The van der Waals surface area contributed by atoms with Crippen LogP contribution >= 0.6 is 0 Å². The fourth-order valence-corrected chi connectivity index (χ4v) is 6.41. The molecule has 7 heteroatoms. The van der Waals surface area contributed by atoms with E-state index < -0.39 is 0 Å². The van der Waals surface area contributed by atoms with Gasteiger partial charge in [0.05, 0.1) is 5.92 Å². The minimum absolute atomic E-state index is 0.00262. The molecule has 5 rings (SSSR count). The van der Waals surface area contributed by atoms with Crippen LogP contribution in [0.1, 0.15) is 55.3 Å². The molecular weight excluding hydrogens is 438 g/mol. The number of aromatic amines is 1. The summed E-state index contributed by atoms with van der Waals surface area (Å²) in [6, 6.07) is 6.78. The molecule has 3 aliphatic rings. The maximum absolute atomic E-state index is 13.9. The van der Waals surface area contributed by atoms with E-state index in [4.69, 9.17) is 0 Å². The van der Waals surface area contributed by atoms with Crippen LogP contribution in [0.25, 0.3) is 10.9 Å². The third-order valence-corrected chi connectivity index (χ3v) is 8.28. The van der Waals surface area contributed by atoms with Gasteiger partial charge in [0.1, 0.15) is 0 Å². The molecule has 1 aromatic carbocycles. The van der Waals surface area contributed by atoms with Gasteiger partial charge in [-0.15, -0.1) is 0 Å². The predicted octanol–water partition coefficient (Wildman–Crippen LogP) is 3.73. The van der Waals surface area contributed by atoms with Crippen LogP contribution in [0.2, 0.25) is 0 Å². The van der Waals surface area contributed by atoms with Crippen molar-refractivity contribution in [1.82, 2.24) is 25.0 Å². The quantitative estimate of drug-likeness (QED) is 0.605. The van der Waals surface area contributed by atoms with Crippen molar-refractivity contribution in [2.24, 2.45) is 11.8 Å². The SMILES string of the molecule is CCNC(=O)N(CCCN(C)C)C(=O)C1C[C@@H]2c3cccc4[nH]c(C)c(c34)C[C@H]2N(CC2CC2)C1. The average Bonchev–Trinajstić information content (AvgIpc) is 3.59. The van der Waals surface area contributed by atoms with Crippen molar-refractivity contribution in [2.75, 3.05) is 46.8 Å². The Kier molecular flexibility index (Phi) is 6.91. The number of fused-ring (bicyclic) bond motifs is 2. The highest BCUT2D eigenvalue weighted by Gasteiger charge is 2.45. The summed E-state index contributed by atoms with van der Waals surface area (Å²) < 4.78 is 0. The highest BCUT2D eigenvalue weighted by molar-refractivity contribution is 5.96. The van der Waals surface area contributed by atoms with E-state index in [1.165, 1.54) is 45.5 Å². The van der Waals surface area contributed by atoms with Crippen LogP contribution in [0.5, 0.6) is 0 Å². The molecule has 0 radical (unpaired) electrons. The number of carbonyl (C=O) groups excluding carboxylic acids is 2. The Morgan fingerprint density at radius 2 is 2.00 bits per heavy atom. The molecule has 0 spiro atoms. The van der Waals surface area contributed by atoms with Gasteiger partial charge in [-0.25, -0.2) is 4.79 Å². The third-order valence-electron chi connectivity index (χ3n) is 8.28. The van der Waals surface area contributed by atoms with Crippen LogP contribution in [0.15, 0.2) is 18.2 Å². The molecule has 2 heterocycles. The van der Waals surface area contributed by atoms with Gasteiger partial charge in [0.15, 0.2) is 0 Å². The number of nitrogens with one attached hydrogen (secondary N) is 2. The molecule has 7 nitrogen and oxygen atoms in total. The van der Waals surface area contributed by atoms with Gasteiger partial charge >= 0.3 is 6.03 Å². The second-order valence-corrected chi connectivity index (χ2v) is 11.2. The van der Waals surface area contributed by atoms with Crippen molar-refractivity contribution in [2.45, 2.75) is 57.9 Å². The molecule has 1 saturated heterocycles. The first-order valence-electron chi connectivity index (χ1n) is 13.4. The number of benzene rings is 1. The summed E-state index contributed by atoms with van der Waals surface area (Å²) in [5.41, 5.74) is 5.32. The van der Waals surface area contributed by atoms with Gasteiger partial charge in [0, 0.05) is 54.7 Å². The van der Waals surface area contributed by atoms with Crippen LogP contribution in [0.4, 0.5) is 4.79 Å². The Hall–Kier alpha value is -2.38. The average molecular weight is 480 g/mol. The molecule has 2 aliphatic carbocycles. The van der Waals surface area contributed by atoms with E-state index >= 15 is 0 Å². The number of aryl methyl sites for hydroxylation is 1. The number of rotatable bonds is 8. The fourth-order valence-electron chi connectivity index (χ4n) is 6.41. The van der Waals surface area contributed by atoms with Crippen molar-refractivity contribution < 1.29 is 9.59 Å². The van der Waals surface area contributed by atoms with Crippen molar-refractivity contribution in [3.63, 3.8) is 0 Å². The van der Waals surface area contributed by atoms with E-state index in [-0.39, 0.29) is 17.9 Å². The number of carbonyl (C=O) groups is 2. The van der Waals surface area contributed by atoms with Crippen LogP contribution in [-0.2, 0) is 11.2 Å². The van der Waals surface area contributed by atoms with E-state index in [1.54, 1.807) is 0 Å². The molecule has 1 saturated carbocycles. The van der Waals surface area contributed by atoms with Gasteiger partial charge in [-0.2, -0.15) is 0 Å². The molecule has 1 unspecified atom stereocenters. The maximum atomic E-state index is 13.9. The van der Waals surface area contributed by atoms with Crippen LogP contribution < -0.4 is 5.32 Å². The van der Waals surface area contributed by atoms with Gasteiger partial charge in [-0.3, -0.25) is 14.6 Å². The second kappa shape index (κ2) is 9.94. The van der Waals surface area contributed by atoms with E-state index in [1.807, 2.05) is 21.0 Å². The molecule has 3 atom stereocenters. The zero-order valence-corrected chi connectivity index (χ0v) is 21.8. The van der Waals surface area contributed by atoms with E-state index in [2.05, 4.69) is 45.2 Å². The number of likely N-dealkylation sites (tertiary alicyclic amines) is 1. The molecule has 2 fully saturated rings. The van der Waals surface area contributed by atoms with Crippen molar-refractivity contribution in [3.05, 3.63) is 35.0 Å². The second-order valence-electron chi connectivity index (χ2n) is 11.2. The van der Waals surface area contributed by atoms with Crippen LogP contribution in [0.3, 0.4) is 0 Å². The smallest absolute Gasteiger partial charge is 0.324 e. The molecule has 2 aromatic rings. The zero-order valence-electron chi connectivity index (χ0n) is 21.8. The molecule has 1 aromatic heterocycles. The summed E-state index contributed by atoms with van der Waals surface area (Å²) >= 11 is 0. The lowest BCUT2D eigenvalue weighted by Crippen LogP contribution is -2.56. The van der Waals surface area contributed by atoms with E-state index in [0.29, 0.717) is 25.0 Å². The number of piperidine rings is 1. The lowest BCUT2D eigenvalue weighted by Gasteiger charge is -2.47. The molecule has 35 heavy (non-hydrogen) atoms. The highest BCUT2D eigenvalue weighted by Crippen LogP contribution is 2.47. The van der Waals surface area contributed by atoms with Gasteiger partial charge in [-0.05, 0) is 89.7 Å². The zero-order chi connectivity index (χ0) is 24.7. The van der Waals surface area contributed by atoms with Gasteiger partial charge in [0.2, 0.25) is 5.91 Å². The Morgan fingerprint density at radius 1 is 1.20 bits per heavy atom. The Bertz CT molecular complexity index is 1090. The molecule has 1 aliphatic heterocycles. The summed E-state index contributed by atoms with van der Waals surface area (Å²) in [6.45, 7) is 7.77. The van der Waals surface area contributed by atoms with E-state index in [9.17, 15) is 9.59 Å². The van der Waals surface area contributed by atoms with Crippen LogP contribution in [-0.4, -0.2) is 84.5 Å². The summed E-state index contributed by atoms with van der Waals surface area (Å²) in [7, 11) is 4.05. The lowest BCUT2D eigenvalue weighted by molar-refractivity contribution is -0.135. The van der Waals surface area contributed by atoms with Gasteiger partial charge in [0.25, 0.3) is 0 Å². The van der Waals surface area contributed by atoms with Crippen molar-refractivity contribution >= 4 is 22.8 Å². The topological polar surface area (TPSA) is 71.7 Å². The van der Waals surface area contributed by atoms with Crippen molar-refractivity contribution in [3.8, 4) is 0 Å². The first-order chi connectivity index (χ1) is 16.9. The standard InChI is InChI=1S/C28H41N5O2/c1-5-29-28(35)33(13-7-12-31(3)4)27(34)20-14-23-21-8-6-9-24-26(21)22(18(2)30-24)15-25(23)32(17-20)16-19-10-11-19/h6,8-9,19-20,23,25,30H,5,7,10-17H2,1-4H3,(H,29,35)/t20?,23-,25-/m1/s1. The molecule has 0 bridgehead atoms. The molecule has 2 N–H and O–H groups in total. The van der Waals surface area contributed by atoms with Crippen LogP contribution in [0, 0.1) is 18.8 Å². The number of nitrogens with zero attached hydrogens (tertiary/aromatic N) is 3. The summed E-state index contributed by atoms with van der Waals surface area (Å²) in [5.74, 6) is 0.917. The number of H-pyrrole nitrogens is 1. The molecular formula is C28H41N5O2. The predicted molar refractivity (Wildman–Crippen MR) is 140 cm³/mol. The Balaban J connectivity index is 1.44. The van der Waals surface area contributed by atoms with Gasteiger partial charge in [-0.1, -0.05) is 12.1 Å². The Morgan fingerprint density at radius 3 is 2.71 bits per heavy atom. The number of hydrogen-bond acceptors (Lipinski definition) is 4. The molecule has 3 amide bonds. The summed E-state index contributed by atoms with van der Waals surface area (Å²) in [5, 5.41) is 4.25. The number of urea groups is 1. The Labute approximate surface area is 209 Å². The van der Waals surface area contributed by atoms with Gasteiger partial charge < -0.3 is 15.2 Å². The number of hydrogen-bond donors (Lipinski definition) is 2. The first kappa shape index (κ1) is 24.3. The fraction of sp³-hybridized carbons (Fsp3) is 0.643. The number of aromatic nitrogens is 1. The maximum Gasteiger partial charge on any atom is 0.324 e. The normalized spacial score (nSPS) is 24.0. The largest absolute Gasteiger partial charge is 0.358 e.